The van der Waals surface area contributed by atoms with Gasteiger partial charge in [-0.05, 0) is 36.4 Å². The third-order valence-electron chi connectivity index (χ3n) is 4.27. The molecule has 1 aliphatic rings. The molecule has 106 valence electrons. The van der Waals surface area contributed by atoms with Gasteiger partial charge in [0.2, 0.25) is 0 Å². The number of piperidine rings is 1. The molecule has 1 heterocycles. The summed E-state index contributed by atoms with van der Waals surface area (Å²) in [4.78, 5) is 2.58. The van der Waals surface area contributed by atoms with E-state index in [1.807, 2.05) is 0 Å². The van der Waals surface area contributed by atoms with Crippen molar-refractivity contribution < 1.29 is 0 Å². The molecule has 1 aromatic rings. The average Bonchev–Trinajstić information content (AvgIpc) is 2.41. The second-order valence-corrected chi connectivity index (χ2v) is 6.09. The fraction of sp³-hybridized carbons (Fsp3) is 0.647. The molecule has 0 aromatic heterocycles. The number of rotatable bonds is 4. The van der Waals surface area contributed by atoms with Gasteiger partial charge in [-0.3, -0.25) is 0 Å². The molecule has 0 spiro atoms. The Balaban J connectivity index is 2.12. The van der Waals surface area contributed by atoms with E-state index >= 15 is 0 Å². The van der Waals surface area contributed by atoms with Crippen LogP contribution in [0.15, 0.2) is 24.3 Å². The molecular weight excluding hydrogens is 232 g/mol. The minimum absolute atomic E-state index is 0.595. The Bertz CT molecular complexity index is 400. The zero-order valence-corrected chi connectivity index (χ0v) is 12.8. The number of nitrogens with one attached hydrogen (secondary N) is 1. The predicted molar refractivity (Wildman–Crippen MR) is 84.0 cm³/mol. The minimum atomic E-state index is 0.595. The number of hydrogen-bond donors (Lipinski definition) is 1. The highest BCUT2D eigenvalue weighted by molar-refractivity contribution is 5.55. The summed E-state index contributed by atoms with van der Waals surface area (Å²) in [6.07, 6.45) is 1.25. The van der Waals surface area contributed by atoms with Crippen molar-refractivity contribution in [3.05, 3.63) is 29.8 Å². The number of anilines is 1. The van der Waals surface area contributed by atoms with Crippen molar-refractivity contribution in [2.45, 2.75) is 46.1 Å². The first-order valence-corrected chi connectivity index (χ1v) is 7.70. The molecule has 1 saturated heterocycles. The van der Waals surface area contributed by atoms with E-state index in [0.717, 1.165) is 6.54 Å². The van der Waals surface area contributed by atoms with E-state index in [0.29, 0.717) is 17.9 Å². The molecule has 1 fully saturated rings. The van der Waals surface area contributed by atoms with E-state index in [1.54, 1.807) is 0 Å². The molecule has 2 rings (SSSR count). The SMILES string of the molecule is CCNC1CCN(c2ccccc2C(C)C)CC1C. The lowest BCUT2D eigenvalue weighted by Crippen LogP contribution is -2.48. The summed E-state index contributed by atoms with van der Waals surface area (Å²) in [7, 11) is 0. The molecule has 2 atom stereocenters. The van der Waals surface area contributed by atoms with Crippen LogP contribution in [-0.4, -0.2) is 25.7 Å². The highest BCUT2D eigenvalue weighted by atomic mass is 15.2. The maximum atomic E-state index is 3.62. The first-order chi connectivity index (χ1) is 9.13. The van der Waals surface area contributed by atoms with Crippen LogP contribution in [0.2, 0.25) is 0 Å². The first-order valence-electron chi connectivity index (χ1n) is 7.70. The van der Waals surface area contributed by atoms with Crippen molar-refractivity contribution >= 4 is 5.69 Å². The van der Waals surface area contributed by atoms with Gasteiger partial charge in [0.05, 0.1) is 0 Å². The van der Waals surface area contributed by atoms with Crippen LogP contribution < -0.4 is 10.2 Å². The van der Waals surface area contributed by atoms with Crippen molar-refractivity contribution in [1.82, 2.24) is 5.32 Å². The van der Waals surface area contributed by atoms with Crippen LogP contribution in [0.3, 0.4) is 0 Å². The quantitative estimate of drug-likeness (QED) is 0.889. The highest BCUT2D eigenvalue weighted by Crippen LogP contribution is 2.30. The van der Waals surface area contributed by atoms with E-state index in [-0.39, 0.29) is 0 Å². The Kier molecular flexibility index (Phi) is 4.87. The van der Waals surface area contributed by atoms with Gasteiger partial charge in [0, 0.05) is 24.8 Å². The second kappa shape index (κ2) is 6.42. The molecule has 2 heteroatoms. The van der Waals surface area contributed by atoms with Crippen molar-refractivity contribution in [2.24, 2.45) is 5.92 Å². The lowest BCUT2D eigenvalue weighted by molar-refractivity contribution is 0.326. The van der Waals surface area contributed by atoms with Crippen molar-refractivity contribution in [2.75, 3.05) is 24.5 Å². The second-order valence-electron chi connectivity index (χ2n) is 6.09. The van der Waals surface area contributed by atoms with Crippen molar-refractivity contribution in [3.8, 4) is 0 Å². The molecule has 1 aromatic carbocycles. The summed E-state index contributed by atoms with van der Waals surface area (Å²) < 4.78 is 0. The van der Waals surface area contributed by atoms with E-state index in [9.17, 15) is 0 Å². The van der Waals surface area contributed by atoms with Crippen LogP contribution in [-0.2, 0) is 0 Å². The number of hydrogen-bond acceptors (Lipinski definition) is 2. The predicted octanol–water partition coefficient (Wildman–Crippen LogP) is 3.63. The molecule has 1 N–H and O–H groups in total. The largest absolute Gasteiger partial charge is 0.371 e. The van der Waals surface area contributed by atoms with E-state index in [2.05, 4.69) is 62.2 Å². The molecule has 2 nitrogen and oxygen atoms in total. The molecule has 0 bridgehead atoms. The monoisotopic (exact) mass is 260 g/mol. The van der Waals surface area contributed by atoms with Gasteiger partial charge < -0.3 is 10.2 Å². The molecular formula is C17H28N2. The lowest BCUT2D eigenvalue weighted by Gasteiger charge is -2.39. The van der Waals surface area contributed by atoms with Crippen molar-refractivity contribution in [1.29, 1.82) is 0 Å². The maximum Gasteiger partial charge on any atom is 0.0401 e. The highest BCUT2D eigenvalue weighted by Gasteiger charge is 2.26. The molecule has 0 saturated carbocycles. The van der Waals surface area contributed by atoms with E-state index in [1.165, 1.54) is 30.8 Å². The maximum absolute atomic E-state index is 3.62. The third-order valence-corrected chi connectivity index (χ3v) is 4.27. The Morgan fingerprint density at radius 2 is 2.05 bits per heavy atom. The van der Waals surface area contributed by atoms with Crippen LogP contribution in [0, 0.1) is 5.92 Å². The fourth-order valence-corrected chi connectivity index (χ4v) is 3.19. The Morgan fingerprint density at radius 1 is 1.32 bits per heavy atom. The number of benzene rings is 1. The summed E-state index contributed by atoms with van der Waals surface area (Å²) in [6, 6.07) is 9.58. The Morgan fingerprint density at radius 3 is 2.68 bits per heavy atom. The van der Waals surface area contributed by atoms with E-state index < -0.39 is 0 Å². The summed E-state index contributed by atoms with van der Waals surface area (Å²) >= 11 is 0. The van der Waals surface area contributed by atoms with Gasteiger partial charge in [-0.2, -0.15) is 0 Å². The minimum Gasteiger partial charge on any atom is -0.371 e. The van der Waals surface area contributed by atoms with Crippen molar-refractivity contribution in [3.63, 3.8) is 0 Å². The van der Waals surface area contributed by atoms with Crippen LogP contribution >= 0.6 is 0 Å². The third kappa shape index (κ3) is 3.30. The molecule has 0 aliphatic carbocycles. The molecule has 19 heavy (non-hydrogen) atoms. The standard InChI is InChI=1S/C17H28N2/c1-5-18-16-10-11-19(12-14(16)4)17-9-7-6-8-15(17)13(2)3/h6-9,13-14,16,18H,5,10-12H2,1-4H3. The fourth-order valence-electron chi connectivity index (χ4n) is 3.19. The van der Waals surface area contributed by atoms with Gasteiger partial charge in [0.15, 0.2) is 0 Å². The molecule has 0 amide bonds. The van der Waals surface area contributed by atoms with Gasteiger partial charge in [-0.25, -0.2) is 0 Å². The Hall–Kier alpha value is -1.02. The summed E-state index contributed by atoms with van der Waals surface area (Å²) in [5, 5.41) is 3.62. The number of para-hydroxylation sites is 1. The molecule has 0 radical (unpaired) electrons. The first kappa shape index (κ1) is 14.4. The average molecular weight is 260 g/mol. The normalized spacial score (nSPS) is 23.9. The zero-order chi connectivity index (χ0) is 13.8. The molecule has 1 aliphatic heterocycles. The van der Waals surface area contributed by atoms with Crippen LogP contribution in [0.25, 0.3) is 0 Å². The summed E-state index contributed by atoms with van der Waals surface area (Å²) in [5.41, 5.74) is 2.93. The van der Waals surface area contributed by atoms with Crippen LogP contribution in [0.1, 0.15) is 45.6 Å². The number of nitrogens with zero attached hydrogens (tertiary/aromatic N) is 1. The van der Waals surface area contributed by atoms with Gasteiger partial charge in [0.25, 0.3) is 0 Å². The van der Waals surface area contributed by atoms with Crippen LogP contribution in [0.4, 0.5) is 5.69 Å². The molecule has 2 unspecified atom stereocenters. The topological polar surface area (TPSA) is 15.3 Å². The van der Waals surface area contributed by atoms with Crippen LogP contribution in [0.5, 0.6) is 0 Å². The van der Waals surface area contributed by atoms with Gasteiger partial charge in [-0.15, -0.1) is 0 Å². The van der Waals surface area contributed by atoms with Gasteiger partial charge in [-0.1, -0.05) is 45.9 Å². The lowest BCUT2D eigenvalue weighted by atomic mass is 9.92. The summed E-state index contributed by atoms with van der Waals surface area (Å²) in [5.74, 6) is 1.31. The zero-order valence-electron chi connectivity index (χ0n) is 12.8. The summed E-state index contributed by atoms with van der Waals surface area (Å²) in [6.45, 7) is 12.6. The van der Waals surface area contributed by atoms with E-state index in [4.69, 9.17) is 0 Å². The Labute approximate surface area is 118 Å². The van der Waals surface area contributed by atoms with Gasteiger partial charge in [0.1, 0.15) is 0 Å². The smallest absolute Gasteiger partial charge is 0.0401 e. The van der Waals surface area contributed by atoms with Gasteiger partial charge >= 0.3 is 0 Å².